The second kappa shape index (κ2) is 3.66. The summed E-state index contributed by atoms with van der Waals surface area (Å²) in [5.74, 6) is 1.02. The molecule has 0 N–H and O–H groups in total. The summed E-state index contributed by atoms with van der Waals surface area (Å²) >= 11 is 0. The van der Waals surface area contributed by atoms with E-state index in [1.165, 1.54) is 0 Å². The lowest BCUT2D eigenvalue weighted by Crippen LogP contribution is -2.15. The molecule has 1 aliphatic heterocycles. The predicted molar refractivity (Wildman–Crippen MR) is 54.6 cm³/mol. The molecule has 2 heteroatoms. The van der Waals surface area contributed by atoms with E-state index in [0.717, 1.165) is 16.9 Å². The number of ketones is 1. The standard InChI is InChI=1S/C12H12O2/c1-9-12(7-11(13)8-14-9)10-5-3-2-4-6-10/h2-6H,7-8H2,1H3. The molecule has 0 radical (unpaired) electrons. The van der Waals surface area contributed by atoms with Crippen LogP contribution in [-0.2, 0) is 9.53 Å². The molecule has 0 aromatic heterocycles. The molecule has 0 amide bonds. The van der Waals surface area contributed by atoms with Gasteiger partial charge in [-0.1, -0.05) is 30.3 Å². The van der Waals surface area contributed by atoms with Crippen molar-refractivity contribution in [3.05, 3.63) is 41.7 Å². The van der Waals surface area contributed by atoms with Gasteiger partial charge in [-0.2, -0.15) is 0 Å². The van der Waals surface area contributed by atoms with Crippen LogP contribution in [0.15, 0.2) is 36.1 Å². The van der Waals surface area contributed by atoms with Crippen molar-refractivity contribution in [1.29, 1.82) is 0 Å². The average molecular weight is 188 g/mol. The van der Waals surface area contributed by atoms with Crippen LogP contribution in [0.1, 0.15) is 18.9 Å². The number of rotatable bonds is 1. The van der Waals surface area contributed by atoms with Crippen molar-refractivity contribution in [1.82, 2.24) is 0 Å². The van der Waals surface area contributed by atoms with Crippen molar-refractivity contribution in [2.75, 3.05) is 6.61 Å². The summed E-state index contributed by atoms with van der Waals surface area (Å²) in [6, 6.07) is 9.90. The summed E-state index contributed by atoms with van der Waals surface area (Å²) in [5, 5.41) is 0. The molecule has 14 heavy (non-hydrogen) atoms. The van der Waals surface area contributed by atoms with E-state index < -0.39 is 0 Å². The van der Waals surface area contributed by atoms with Gasteiger partial charge in [0.2, 0.25) is 0 Å². The van der Waals surface area contributed by atoms with Gasteiger partial charge in [0, 0.05) is 12.0 Å². The topological polar surface area (TPSA) is 26.3 Å². The van der Waals surface area contributed by atoms with Gasteiger partial charge in [0.1, 0.15) is 6.61 Å². The molecule has 1 heterocycles. The Kier molecular flexibility index (Phi) is 2.35. The van der Waals surface area contributed by atoms with Crippen molar-refractivity contribution in [2.45, 2.75) is 13.3 Å². The molecule has 1 aromatic carbocycles. The Morgan fingerprint density at radius 2 is 1.93 bits per heavy atom. The summed E-state index contributed by atoms with van der Waals surface area (Å²) in [6.07, 6.45) is 0.496. The Morgan fingerprint density at radius 3 is 2.64 bits per heavy atom. The smallest absolute Gasteiger partial charge is 0.174 e. The largest absolute Gasteiger partial charge is 0.490 e. The van der Waals surface area contributed by atoms with Crippen molar-refractivity contribution in [2.24, 2.45) is 0 Å². The molecule has 0 spiro atoms. The average Bonchev–Trinajstić information content (AvgIpc) is 2.23. The summed E-state index contributed by atoms with van der Waals surface area (Å²) in [4.78, 5) is 11.2. The van der Waals surface area contributed by atoms with E-state index in [0.29, 0.717) is 6.42 Å². The molecule has 0 atom stereocenters. The first kappa shape index (κ1) is 9.00. The lowest BCUT2D eigenvalue weighted by molar-refractivity contribution is -0.122. The molecular weight excluding hydrogens is 176 g/mol. The van der Waals surface area contributed by atoms with Crippen LogP contribution in [0, 0.1) is 0 Å². The molecule has 0 unspecified atom stereocenters. The minimum atomic E-state index is 0.148. The molecule has 72 valence electrons. The van der Waals surface area contributed by atoms with Gasteiger partial charge in [-0.15, -0.1) is 0 Å². The van der Waals surface area contributed by atoms with E-state index in [1.807, 2.05) is 37.3 Å². The summed E-state index contributed by atoms with van der Waals surface area (Å²) in [7, 11) is 0. The SMILES string of the molecule is CC1=C(c2ccccc2)CC(=O)CO1. The summed E-state index contributed by atoms with van der Waals surface area (Å²) in [5.41, 5.74) is 2.10. The minimum absolute atomic E-state index is 0.148. The Bertz CT molecular complexity index is 377. The number of allylic oxidation sites excluding steroid dienone is 2. The number of benzene rings is 1. The van der Waals surface area contributed by atoms with Gasteiger partial charge in [-0.05, 0) is 12.5 Å². The number of hydrogen-bond acceptors (Lipinski definition) is 2. The number of Topliss-reactive ketones (excluding diaryl/α,β-unsaturated/α-hetero) is 1. The van der Waals surface area contributed by atoms with E-state index in [9.17, 15) is 4.79 Å². The quantitative estimate of drug-likeness (QED) is 0.676. The first-order chi connectivity index (χ1) is 6.77. The van der Waals surface area contributed by atoms with Crippen LogP contribution >= 0.6 is 0 Å². The zero-order valence-electron chi connectivity index (χ0n) is 8.12. The molecular formula is C12H12O2. The molecule has 0 saturated heterocycles. The lowest BCUT2D eigenvalue weighted by atomic mass is 9.98. The monoisotopic (exact) mass is 188 g/mol. The number of hydrogen-bond donors (Lipinski definition) is 0. The van der Waals surface area contributed by atoms with Gasteiger partial charge < -0.3 is 4.74 Å². The molecule has 0 saturated carbocycles. The van der Waals surface area contributed by atoms with Gasteiger partial charge in [-0.3, -0.25) is 4.79 Å². The normalized spacial score (nSPS) is 16.8. The first-order valence-corrected chi connectivity index (χ1v) is 4.67. The van der Waals surface area contributed by atoms with Gasteiger partial charge in [0.25, 0.3) is 0 Å². The van der Waals surface area contributed by atoms with Crippen molar-refractivity contribution in [3.63, 3.8) is 0 Å². The van der Waals surface area contributed by atoms with Gasteiger partial charge in [-0.25, -0.2) is 0 Å². The van der Waals surface area contributed by atoms with E-state index in [-0.39, 0.29) is 12.4 Å². The molecule has 0 fully saturated rings. The fourth-order valence-corrected chi connectivity index (χ4v) is 1.59. The molecule has 2 nitrogen and oxygen atoms in total. The van der Waals surface area contributed by atoms with Gasteiger partial charge in [0.05, 0.1) is 5.76 Å². The van der Waals surface area contributed by atoms with E-state index >= 15 is 0 Å². The third-order valence-corrected chi connectivity index (χ3v) is 2.37. The Morgan fingerprint density at radius 1 is 1.21 bits per heavy atom. The Hall–Kier alpha value is -1.57. The maximum atomic E-state index is 11.2. The lowest BCUT2D eigenvalue weighted by Gasteiger charge is -2.18. The Balaban J connectivity index is 2.38. The van der Waals surface area contributed by atoms with Gasteiger partial charge >= 0.3 is 0 Å². The van der Waals surface area contributed by atoms with E-state index in [4.69, 9.17) is 4.74 Å². The van der Waals surface area contributed by atoms with Gasteiger partial charge in [0.15, 0.2) is 5.78 Å². The molecule has 2 rings (SSSR count). The number of carbonyl (C=O) groups is 1. The maximum absolute atomic E-state index is 11.2. The highest BCUT2D eigenvalue weighted by molar-refractivity contribution is 5.93. The van der Waals surface area contributed by atoms with Crippen molar-refractivity contribution in [3.8, 4) is 0 Å². The Labute approximate surface area is 83.2 Å². The minimum Gasteiger partial charge on any atom is -0.490 e. The number of ether oxygens (including phenoxy) is 1. The molecule has 1 aromatic rings. The van der Waals surface area contributed by atoms with Crippen LogP contribution in [0.25, 0.3) is 5.57 Å². The van der Waals surface area contributed by atoms with Crippen LogP contribution in [-0.4, -0.2) is 12.4 Å². The van der Waals surface area contributed by atoms with Crippen LogP contribution in [0.5, 0.6) is 0 Å². The predicted octanol–water partition coefficient (Wildman–Crippen LogP) is 2.41. The molecule has 1 aliphatic rings. The van der Waals surface area contributed by atoms with Crippen LogP contribution in [0.3, 0.4) is 0 Å². The second-order valence-electron chi connectivity index (χ2n) is 3.40. The zero-order valence-corrected chi connectivity index (χ0v) is 8.12. The highest BCUT2D eigenvalue weighted by Crippen LogP contribution is 2.26. The second-order valence-corrected chi connectivity index (χ2v) is 3.40. The first-order valence-electron chi connectivity index (χ1n) is 4.67. The third-order valence-electron chi connectivity index (χ3n) is 2.37. The molecule has 0 bridgehead atoms. The van der Waals surface area contributed by atoms with E-state index in [2.05, 4.69) is 0 Å². The van der Waals surface area contributed by atoms with Crippen LogP contribution < -0.4 is 0 Å². The maximum Gasteiger partial charge on any atom is 0.174 e. The van der Waals surface area contributed by atoms with Crippen molar-refractivity contribution < 1.29 is 9.53 Å². The highest BCUT2D eigenvalue weighted by atomic mass is 16.5. The van der Waals surface area contributed by atoms with Crippen molar-refractivity contribution >= 4 is 11.4 Å². The fourth-order valence-electron chi connectivity index (χ4n) is 1.59. The zero-order chi connectivity index (χ0) is 9.97. The van der Waals surface area contributed by atoms with E-state index in [1.54, 1.807) is 0 Å². The third kappa shape index (κ3) is 1.69. The summed E-state index contributed by atoms with van der Waals surface area (Å²) < 4.78 is 5.29. The number of carbonyl (C=O) groups excluding carboxylic acids is 1. The van der Waals surface area contributed by atoms with Crippen LogP contribution in [0.4, 0.5) is 0 Å². The fraction of sp³-hybridized carbons (Fsp3) is 0.250. The summed E-state index contributed by atoms with van der Waals surface area (Å²) in [6.45, 7) is 2.14. The molecule has 0 aliphatic carbocycles. The van der Waals surface area contributed by atoms with Crippen LogP contribution in [0.2, 0.25) is 0 Å². The highest BCUT2D eigenvalue weighted by Gasteiger charge is 2.17.